The molecule has 2 aromatic carbocycles. The number of ether oxygens (including phenoxy) is 1. The predicted octanol–water partition coefficient (Wildman–Crippen LogP) is 3.97. The molecule has 0 spiro atoms. The number of benzene rings is 2. The van der Waals surface area contributed by atoms with Gasteiger partial charge in [0.05, 0.1) is 13.3 Å². The van der Waals surface area contributed by atoms with Crippen LogP contribution in [0.1, 0.15) is 29.2 Å². The number of rotatable bonds is 4. The van der Waals surface area contributed by atoms with Crippen LogP contribution in [0, 0.1) is 6.92 Å². The first-order valence-electron chi connectivity index (χ1n) is 7.54. The molecule has 1 unspecified atom stereocenters. The highest BCUT2D eigenvalue weighted by Crippen LogP contribution is 2.42. The van der Waals surface area contributed by atoms with Crippen molar-refractivity contribution in [2.24, 2.45) is 15.4 Å². The van der Waals surface area contributed by atoms with E-state index in [2.05, 4.69) is 15.4 Å². The van der Waals surface area contributed by atoms with Crippen molar-refractivity contribution in [1.82, 2.24) is 0 Å². The molecule has 2 aromatic rings. The first-order chi connectivity index (χ1) is 11.1. The first-order valence-corrected chi connectivity index (χ1v) is 7.54. The lowest BCUT2D eigenvalue weighted by atomic mass is 9.82. The minimum Gasteiger partial charge on any atom is -0.507 e. The highest BCUT2D eigenvalue weighted by molar-refractivity contribution is 5.81. The monoisotopic (exact) mass is 309 g/mol. The maximum atomic E-state index is 10.6. The van der Waals surface area contributed by atoms with Crippen molar-refractivity contribution in [3.8, 4) is 11.5 Å². The summed E-state index contributed by atoms with van der Waals surface area (Å²) in [5.41, 5.74) is 2.80. The fourth-order valence-electron chi connectivity index (χ4n) is 2.91. The van der Waals surface area contributed by atoms with Gasteiger partial charge in [-0.15, -0.1) is 10.2 Å². The van der Waals surface area contributed by atoms with E-state index in [9.17, 15) is 5.11 Å². The van der Waals surface area contributed by atoms with Crippen LogP contribution in [0.2, 0.25) is 0 Å². The zero-order valence-electron chi connectivity index (χ0n) is 13.4. The van der Waals surface area contributed by atoms with E-state index < -0.39 is 5.54 Å². The zero-order chi connectivity index (χ0) is 16.4. The molecule has 0 aliphatic carbocycles. The van der Waals surface area contributed by atoms with Gasteiger partial charge in [-0.1, -0.05) is 36.8 Å². The van der Waals surface area contributed by atoms with E-state index in [-0.39, 0.29) is 5.75 Å². The van der Waals surface area contributed by atoms with Gasteiger partial charge in [0.1, 0.15) is 11.5 Å². The van der Waals surface area contributed by atoms with E-state index >= 15 is 0 Å². The summed E-state index contributed by atoms with van der Waals surface area (Å²) < 4.78 is 5.34. The van der Waals surface area contributed by atoms with Crippen LogP contribution in [-0.4, -0.2) is 18.4 Å². The van der Waals surface area contributed by atoms with Crippen molar-refractivity contribution in [3.05, 3.63) is 58.7 Å². The fraction of sp³-hybridized carbons (Fsp3) is 0.278. The molecule has 0 saturated heterocycles. The third-order valence-electron chi connectivity index (χ3n) is 4.15. The van der Waals surface area contributed by atoms with Crippen molar-refractivity contribution < 1.29 is 9.84 Å². The standard InChI is InChI=1S/C18H19N3O2/c1-4-13-9-15(16(22)10-17(13)23-3)18(11-19-21-20-18)14-7-5-6-12(2)8-14/h5-11,22H,4H2,1-3H3. The summed E-state index contributed by atoms with van der Waals surface area (Å²) in [6, 6.07) is 11.5. The Hall–Kier alpha value is -2.69. The van der Waals surface area contributed by atoms with Gasteiger partial charge < -0.3 is 9.84 Å². The molecule has 0 bridgehead atoms. The van der Waals surface area contributed by atoms with E-state index in [1.165, 1.54) is 0 Å². The third-order valence-corrected chi connectivity index (χ3v) is 4.15. The Balaban J connectivity index is 2.24. The number of aryl methyl sites for hydroxylation is 2. The van der Waals surface area contributed by atoms with Crippen LogP contribution in [-0.2, 0) is 12.0 Å². The number of nitrogens with zero attached hydrogens (tertiary/aromatic N) is 3. The van der Waals surface area contributed by atoms with Gasteiger partial charge in [0.25, 0.3) is 0 Å². The molecule has 0 saturated carbocycles. The predicted molar refractivity (Wildman–Crippen MR) is 89.3 cm³/mol. The SMILES string of the molecule is CCc1cc(C2(c3cccc(C)c3)C=NN=N2)c(O)cc1OC. The van der Waals surface area contributed by atoms with Gasteiger partial charge in [-0.05, 0) is 35.8 Å². The van der Waals surface area contributed by atoms with Crippen molar-refractivity contribution >= 4 is 6.21 Å². The van der Waals surface area contributed by atoms with E-state index in [1.807, 2.05) is 44.2 Å². The zero-order valence-corrected chi connectivity index (χ0v) is 13.4. The Morgan fingerprint density at radius 3 is 2.65 bits per heavy atom. The van der Waals surface area contributed by atoms with Gasteiger partial charge in [-0.2, -0.15) is 0 Å². The number of methoxy groups -OCH3 is 1. The molecule has 5 nitrogen and oxygen atoms in total. The lowest BCUT2D eigenvalue weighted by Crippen LogP contribution is -2.25. The van der Waals surface area contributed by atoms with Crippen LogP contribution < -0.4 is 4.74 Å². The normalized spacial score (nSPS) is 19.3. The highest BCUT2D eigenvalue weighted by Gasteiger charge is 2.38. The molecule has 1 aliphatic heterocycles. The average Bonchev–Trinajstić information content (AvgIpc) is 3.05. The van der Waals surface area contributed by atoms with Crippen molar-refractivity contribution in [1.29, 1.82) is 0 Å². The molecule has 5 heteroatoms. The van der Waals surface area contributed by atoms with Crippen molar-refractivity contribution in [2.75, 3.05) is 7.11 Å². The molecule has 3 rings (SSSR count). The molecule has 1 aliphatic rings. The second-order valence-electron chi connectivity index (χ2n) is 5.60. The van der Waals surface area contributed by atoms with E-state index in [0.717, 1.165) is 23.1 Å². The summed E-state index contributed by atoms with van der Waals surface area (Å²) in [6.07, 6.45) is 2.46. The minimum atomic E-state index is -0.897. The van der Waals surface area contributed by atoms with Gasteiger partial charge in [0.15, 0.2) is 5.54 Å². The third kappa shape index (κ3) is 2.48. The first kappa shape index (κ1) is 15.2. The van der Waals surface area contributed by atoms with E-state index in [0.29, 0.717) is 11.3 Å². The molecule has 1 heterocycles. The lowest BCUT2D eigenvalue weighted by molar-refractivity contribution is 0.400. The molecule has 118 valence electrons. The second kappa shape index (κ2) is 5.83. The summed E-state index contributed by atoms with van der Waals surface area (Å²) in [7, 11) is 1.60. The van der Waals surface area contributed by atoms with Gasteiger partial charge in [0, 0.05) is 11.6 Å². The maximum Gasteiger partial charge on any atom is 0.174 e. The molecule has 1 atom stereocenters. The van der Waals surface area contributed by atoms with Crippen molar-refractivity contribution in [2.45, 2.75) is 25.8 Å². The Labute approximate surface area is 135 Å². The Bertz CT molecular complexity index is 785. The molecule has 23 heavy (non-hydrogen) atoms. The molecule has 1 N–H and O–H groups in total. The smallest absolute Gasteiger partial charge is 0.174 e. The van der Waals surface area contributed by atoms with Crippen LogP contribution in [0.5, 0.6) is 11.5 Å². The summed E-state index contributed by atoms with van der Waals surface area (Å²) in [6.45, 7) is 4.06. The van der Waals surface area contributed by atoms with Gasteiger partial charge >= 0.3 is 0 Å². The number of phenols is 1. The fourth-order valence-corrected chi connectivity index (χ4v) is 2.91. The van der Waals surface area contributed by atoms with Crippen molar-refractivity contribution in [3.63, 3.8) is 0 Å². The van der Waals surface area contributed by atoms with Crippen LogP contribution in [0.25, 0.3) is 0 Å². The molecular weight excluding hydrogens is 290 g/mol. The number of hydrogen-bond acceptors (Lipinski definition) is 5. The highest BCUT2D eigenvalue weighted by atomic mass is 16.5. The van der Waals surface area contributed by atoms with Gasteiger partial charge in [-0.3, -0.25) is 0 Å². The topological polar surface area (TPSA) is 66.5 Å². The minimum absolute atomic E-state index is 0.118. The van der Waals surface area contributed by atoms with Crippen LogP contribution in [0.4, 0.5) is 0 Å². The lowest BCUT2D eigenvalue weighted by Gasteiger charge is -2.25. The Morgan fingerprint density at radius 2 is 2.04 bits per heavy atom. The Morgan fingerprint density at radius 1 is 1.22 bits per heavy atom. The molecular formula is C18H19N3O2. The van der Waals surface area contributed by atoms with Crippen LogP contribution in [0.3, 0.4) is 0 Å². The summed E-state index contributed by atoms with van der Waals surface area (Å²) >= 11 is 0. The summed E-state index contributed by atoms with van der Waals surface area (Å²) in [5, 5.41) is 22.7. The molecule has 0 fully saturated rings. The maximum absolute atomic E-state index is 10.6. The van der Waals surface area contributed by atoms with Crippen LogP contribution in [0.15, 0.2) is 51.8 Å². The summed E-state index contributed by atoms with van der Waals surface area (Å²) in [5.74, 6) is 0.785. The average molecular weight is 309 g/mol. The quantitative estimate of drug-likeness (QED) is 0.928. The van der Waals surface area contributed by atoms with Gasteiger partial charge in [-0.25, -0.2) is 0 Å². The molecule has 0 amide bonds. The Kier molecular flexibility index (Phi) is 3.86. The largest absolute Gasteiger partial charge is 0.507 e. The van der Waals surface area contributed by atoms with Gasteiger partial charge in [0.2, 0.25) is 0 Å². The van der Waals surface area contributed by atoms with E-state index in [1.54, 1.807) is 19.4 Å². The second-order valence-corrected chi connectivity index (χ2v) is 5.60. The number of hydrogen-bond donors (Lipinski definition) is 1. The summed E-state index contributed by atoms with van der Waals surface area (Å²) in [4.78, 5) is 0. The molecule has 0 radical (unpaired) electrons. The van der Waals surface area contributed by atoms with Crippen LogP contribution >= 0.6 is 0 Å². The molecule has 0 aromatic heterocycles. The number of phenolic OH excluding ortho intramolecular Hbond substituents is 1. The van der Waals surface area contributed by atoms with E-state index in [4.69, 9.17) is 4.74 Å². The number of aromatic hydroxyl groups is 1.